The number of aromatic nitrogens is 2. The normalized spacial score (nSPS) is 10.9. The summed E-state index contributed by atoms with van der Waals surface area (Å²) in [5, 5.41) is 0. The molecule has 2 rings (SSSR count). The van der Waals surface area contributed by atoms with Crippen molar-refractivity contribution in [2.24, 2.45) is 0 Å². The second-order valence-electron chi connectivity index (χ2n) is 4.44. The van der Waals surface area contributed by atoms with E-state index in [9.17, 15) is 4.79 Å². The van der Waals surface area contributed by atoms with Gasteiger partial charge in [0.05, 0.1) is 16.8 Å². The van der Waals surface area contributed by atoms with Gasteiger partial charge < -0.3 is 9.47 Å². The van der Waals surface area contributed by atoms with Crippen LogP contribution in [0.4, 0.5) is 0 Å². The van der Waals surface area contributed by atoms with Gasteiger partial charge in [0.2, 0.25) is 5.91 Å². The summed E-state index contributed by atoms with van der Waals surface area (Å²) in [6.45, 7) is 3.07. The molecular weight excluding hydrogens is 258 g/mol. The Bertz CT molecular complexity index is 579. The van der Waals surface area contributed by atoms with Crippen LogP contribution in [-0.2, 0) is 17.1 Å². The minimum Gasteiger partial charge on any atom is -0.344 e. The molecular formula is C14H19N3OS. The first-order valence-electron chi connectivity index (χ1n) is 6.34. The van der Waals surface area contributed by atoms with E-state index in [1.807, 2.05) is 49.1 Å². The Labute approximate surface area is 117 Å². The van der Waals surface area contributed by atoms with Crippen molar-refractivity contribution in [3.05, 3.63) is 30.1 Å². The second-order valence-corrected chi connectivity index (χ2v) is 5.31. The van der Waals surface area contributed by atoms with Gasteiger partial charge in [0.15, 0.2) is 0 Å². The molecule has 0 spiro atoms. The molecule has 0 aliphatic carbocycles. The van der Waals surface area contributed by atoms with Crippen molar-refractivity contribution in [1.29, 1.82) is 0 Å². The van der Waals surface area contributed by atoms with Crippen LogP contribution in [0.5, 0.6) is 0 Å². The predicted molar refractivity (Wildman–Crippen MR) is 80.3 cm³/mol. The number of carbonyl (C=O) groups excluding carboxylic acids is 1. The van der Waals surface area contributed by atoms with E-state index in [1.165, 1.54) is 0 Å². The van der Waals surface area contributed by atoms with E-state index < -0.39 is 0 Å². The van der Waals surface area contributed by atoms with Crippen LogP contribution >= 0.6 is 11.8 Å². The average Bonchev–Trinajstić information content (AvgIpc) is 2.76. The summed E-state index contributed by atoms with van der Waals surface area (Å²) in [6.07, 6.45) is 2.05. The third-order valence-electron chi connectivity index (χ3n) is 3.20. The van der Waals surface area contributed by atoms with Crippen molar-refractivity contribution in [2.45, 2.75) is 19.2 Å². The van der Waals surface area contributed by atoms with Gasteiger partial charge >= 0.3 is 0 Å². The number of hydrogen-bond donors (Lipinski definition) is 0. The molecule has 1 aromatic heterocycles. The zero-order valence-corrected chi connectivity index (χ0v) is 12.4. The van der Waals surface area contributed by atoms with E-state index in [-0.39, 0.29) is 5.91 Å². The van der Waals surface area contributed by atoms with Crippen LogP contribution in [0, 0.1) is 0 Å². The van der Waals surface area contributed by atoms with Crippen LogP contribution in [0.15, 0.2) is 24.3 Å². The fourth-order valence-electron chi connectivity index (χ4n) is 1.97. The standard InChI is InChI=1S/C14H19N3OS/c1-4-16(2)14(18)9-17-12-8-6-5-7-11(12)15-13(17)10-19-3/h5-8H,4,9-10H2,1-3H3. The Hall–Kier alpha value is -1.49. The molecule has 0 saturated heterocycles. The molecule has 0 saturated carbocycles. The molecule has 19 heavy (non-hydrogen) atoms. The van der Waals surface area contributed by atoms with Gasteiger partial charge in [-0.1, -0.05) is 12.1 Å². The van der Waals surface area contributed by atoms with Crippen molar-refractivity contribution in [3.63, 3.8) is 0 Å². The Kier molecular flexibility index (Phi) is 4.47. The second kappa shape index (κ2) is 6.10. The van der Waals surface area contributed by atoms with Gasteiger partial charge in [0.25, 0.3) is 0 Å². The molecule has 1 heterocycles. The van der Waals surface area contributed by atoms with Crippen LogP contribution in [0.3, 0.4) is 0 Å². The number of likely N-dealkylation sites (N-methyl/N-ethyl adjacent to an activating group) is 1. The fraction of sp³-hybridized carbons (Fsp3) is 0.429. The Morgan fingerprint density at radius 2 is 2.16 bits per heavy atom. The van der Waals surface area contributed by atoms with E-state index >= 15 is 0 Å². The first kappa shape index (κ1) is 13.9. The number of fused-ring (bicyclic) bond motifs is 1. The van der Waals surface area contributed by atoms with Crippen molar-refractivity contribution < 1.29 is 4.79 Å². The summed E-state index contributed by atoms with van der Waals surface area (Å²) in [5.74, 6) is 1.90. The van der Waals surface area contributed by atoms with Crippen LogP contribution in [0.2, 0.25) is 0 Å². The van der Waals surface area contributed by atoms with Gasteiger partial charge in [-0.05, 0) is 25.3 Å². The molecule has 0 fully saturated rings. The third kappa shape index (κ3) is 2.92. The summed E-state index contributed by atoms with van der Waals surface area (Å²) in [5.41, 5.74) is 1.99. The van der Waals surface area contributed by atoms with E-state index in [1.54, 1.807) is 16.7 Å². The largest absolute Gasteiger partial charge is 0.344 e. The van der Waals surface area contributed by atoms with Gasteiger partial charge in [-0.3, -0.25) is 4.79 Å². The molecule has 102 valence electrons. The highest BCUT2D eigenvalue weighted by atomic mass is 32.2. The van der Waals surface area contributed by atoms with E-state index in [4.69, 9.17) is 0 Å². The zero-order chi connectivity index (χ0) is 13.8. The quantitative estimate of drug-likeness (QED) is 0.842. The number of carbonyl (C=O) groups is 1. The van der Waals surface area contributed by atoms with Crippen molar-refractivity contribution in [1.82, 2.24) is 14.5 Å². The summed E-state index contributed by atoms with van der Waals surface area (Å²) < 4.78 is 2.03. The lowest BCUT2D eigenvalue weighted by Gasteiger charge is -2.16. The molecule has 0 N–H and O–H groups in total. The molecule has 1 aromatic carbocycles. The lowest BCUT2D eigenvalue weighted by atomic mass is 10.3. The fourth-order valence-corrected chi connectivity index (χ4v) is 2.45. The average molecular weight is 277 g/mol. The lowest BCUT2D eigenvalue weighted by Crippen LogP contribution is -2.30. The molecule has 1 amide bonds. The monoisotopic (exact) mass is 277 g/mol. The molecule has 5 heteroatoms. The van der Waals surface area contributed by atoms with Crippen LogP contribution in [0.1, 0.15) is 12.7 Å². The van der Waals surface area contributed by atoms with Crippen molar-refractivity contribution in [2.75, 3.05) is 19.8 Å². The number of benzene rings is 1. The predicted octanol–water partition coefficient (Wildman–Crippen LogP) is 2.38. The van der Waals surface area contributed by atoms with Gasteiger partial charge in [0, 0.05) is 13.6 Å². The highest BCUT2D eigenvalue weighted by Gasteiger charge is 2.14. The van der Waals surface area contributed by atoms with Gasteiger partial charge in [0.1, 0.15) is 12.4 Å². The Balaban J connectivity index is 2.38. The Morgan fingerprint density at radius 1 is 1.42 bits per heavy atom. The third-order valence-corrected chi connectivity index (χ3v) is 3.75. The number of rotatable bonds is 5. The van der Waals surface area contributed by atoms with Crippen molar-refractivity contribution >= 4 is 28.7 Å². The summed E-state index contributed by atoms with van der Waals surface area (Å²) in [4.78, 5) is 18.5. The maximum atomic E-state index is 12.1. The summed E-state index contributed by atoms with van der Waals surface area (Å²) >= 11 is 1.72. The molecule has 4 nitrogen and oxygen atoms in total. The summed E-state index contributed by atoms with van der Waals surface area (Å²) in [6, 6.07) is 7.97. The smallest absolute Gasteiger partial charge is 0.242 e. The molecule has 0 radical (unpaired) electrons. The van der Waals surface area contributed by atoms with Crippen molar-refractivity contribution in [3.8, 4) is 0 Å². The zero-order valence-electron chi connectivity index (χ0n) is 11.6. The Morgan fingerprint density at radius 3 is 2.84 bits per heavy atom. The minimum atomic E-state index is 0.119. The molecule has 0 atom stereocenters. The van der Waals surface area contributed by atoms with Gasteiger partial charge in [-0.15, -0.1) is 0 Å². The minimum absolute atomic E-state index is 0.119. The number of para-hydroxylation sites is 2. The molecule has 2 aromatic rings. The summed E-state index contributed by atoms with van der Waals surface area (Å²) in [7, 11) is 1.83. The van der Waals surface area contributed by atoms with Crippen LogP contribution in [0.25, 0.3) is 11.0 Å². The molecule has 0 aliphatic rings. The highest BCUT2D eigenvalue weighted by molar-refractivity contribution is 7.97. The number of nitrogens with zero attached hydrogens (tertiary/aromatic N) is 3. The first-order chi connectivity index (χ1) is 9.17. The maximum Gasteiger partial charge on any atom is 0.242 e. The number of amides is 1. The number of hydrogen-bond acceptors (Lipinski definition) is 3. The molecule has 0 aliphatic heterocycles. The topological polar surface area (TPSA) is 38.1 Å². The van der Waals surface area contributed by atoms with E-state index in [0.717, 1.165) is 29.2 Å². The highest BCUT2D eigenvalue weighted by Crippen LogP contribution is 2.19. The van der Waals surface area contributed by atoms with E-state index in [2.05, 4.69) is 4.98 Å². The molecule has 0 unspecified atom stereocenters. The van der Waals surface area contributed by atoms with E-state index in [0.29, 0.717) is 6.54 Å². The van der Waals surface area contributed by atoms with Crippen LogP contribution in [-0.4, -0.2) is 40.2 Å². The lowest BCUT2D eigenvalue weighted by molar-refractivity contribution is -0.130. The van der Waals surface area contributed by atoms with Gasteiger partial charge in [-0.25, -0.2) is 4.98 Å². The number of imidazole rings is 1. The van der Waals surface area contributed by atoms with Crippen LogP contribution < -0.4 is 0 Å². The molecule has 0 bridgehead atoms. The number of thioether (sulfide) groups is 1. The van der Waals surface area contributed by atoms with Gasteiger partial charge in [-0.2, -0.15) is 11.8 Å². The SMILES string of the molecule is CCN(C)C(=O)Cn1c(CSC)nc2ccccc21. The first-order valence-corrected chi connectivity index (χ1v) is 7.73. The maximum absolute atomic E-state index is 12.1.